The normalized spacial score (nSPS) is 13.8. The van der Waals surface area contributed by atoms with Gasteiger partial charge in [-0.3, -0.25) is 14.6 Å². The summed E-state index contributed by atoms with van der Waals surface area (Å²) in [5.74, 6) is -0.249. The maximum atomic E-state index is 13.2. The number of thioether (sulfide) groups is 1. The van der Waals surface area contributed by atoms with Gasteiger partial charge in [0, 0.05) is 36.6 Å². The number of carbonyl (C=O) groups excluding carboxylic acids is 3. The zero-order chi connectivity index (χ0) is 26.7. The number of urea groups is 1. The summed E-state index contributed by atoms with van der Waals surface area (Å²) in [6.45, 7) is -0.286. The van der Waals surface area contributed by atoms with Gasteiger partial charge >= 0.3 is 11.5 Å². The predicted molar refractivity (Wildman–Crippen MR) is 132 cm³/mol. The van der Waals surface area contributed by atoms with Crippen LogP contribution in [0.2, 0.25) is 0 Å². The van der Waals surface area contributed by atoms with Crippen molar-refractivity contribution in [2.75, 3.05) is 30.5 Å². The van der Waals surface area contributed by atoms with Crippen LogP contribution in [0.25, 0.3) is 0 Å². The molecule has 1 aliphatic heterocycles. The number of pyridine rings is 1. The summed E-state index contributed by atoms with van der Waals surface area (Å²) in [6.07, 6.45) is 2.88. The first-order chi connectivity index (χ1) is 17.6. The van der Waals surface area contributed by atoms with Gasteiger partial charge < -0.3 is 14.5 Å². The van der Waals surface area contributed by atoms with Crippen molar-refractivity contribution < 1.29 is 32.3 Å². The van der Waals surface area contributed by atoms with Crippen LogP contribution in [0.3, 0.4) is 0 Å². The molecule has 0 unspecified atom stereocenters. The van der Waals surface area contributed by atoms with Gasteiger partial charge in [0.25, 0.3) is 11.8 Å². The number of nitrogens with zero attached hydrogens (tertiary/aromatic N) is 4. The first kappa shape index (κ1) is 26.0. The Morgan fingerprint density at radius 2 is 1.76 bits per heavy atom. The van der Waals surface area contributed by atoms with Gasteiger partial charge in [0.1, 0.15) is 12.3 Å². The van der Waals surface area contributed by atoms with Gasteiger partial charge in [0.2, 0.25) is 0 Å². The Morgan fingerprint density at radius 3 is 2.38 bits per heavy atom. The van der Waals surface area contributed by atoms with Crippen LogP contribution in [0, 0.1) is 0 Å². The molecule has 192 valence electrons. The molecule has 8 nitrogen and oxygen atoms in total. The molecule has 0 bridgehead atoms. The topological polar surface area (TPSA) is 83.1 Å². The molecule has 0 saturated carbocycles. The van der Waals surface area contributed by atoms with Crippen LogP contribution in [0.1, 0.15) is 15.9 Å². The monoisotopic (exact) mass is 530 g/mol. The second-order valence-electron chi connectivity index (χ2n) is 8.00. The molecule has 37 heavy (non-hydrogen) atoms. The average molecular weight is 531 g/mol. The highest BCUT2D eigenvalue weighted by Crippen LogP contribution is 2.37. The number of benzene rings is 2. The highest BCUT2D eigenvalue weighted by molar-refractivity contribution is 8.00. The molecule has 0 aliphatic carbocycles. The Bertz CT molecular complexity index is 1320. The third-order valence-electron chi connectivity index (χ3n) is 5.63. The van der Waals surface area contributed by atoms with Crippen molar-refractivity contribution in [1.29, 1.82) is 0 Å². The second kappa shape index (κ2) is 10.5. The van der Waals surface area contributed by atoms with E-state index in [0.717, 1.165) is 4.90 Å². The van der Waals surface area contributed by atoms with Gasteiger partial charge in [-0.15, -0.1) is 0 Å². The molecule has 3 aromatic rings. The molecule has 0 spiro atoms. The summed E-state index contributed by atoms with van der Waals surface area (Å²) >= 11 is -0.284. The van der Waals surface area contributed by atoms with E-state index < -0.39 is 17.4 Å². The number of hydrogen-bond acceptors (Lipinski definition) is 6. The summed E-state index contributed by atoms with van der Waals surface area (Å²) in [5.41, 5.74) is -2.92. The smallest absolute Gasteiger partial charge is 0.446 e. The van der Waals surface area contributed by atoms with Gasteiger partial charge in [-0.2, -0.15) is 13.2 Å². The number of halogens is 3. The van der Waals surface area contributed by atoms with Gasteiger partial charge in [0.15, 0.2) is 0 Å². The standard InChI is InChI=1S/C25H21F3N4O4S/c1-30(17-3-7-19(36-2)8-4-17)23(34)21-13-29-12-11-16(21)14-31-15-22(33)32(24(31)35)18-5-9-20(10-6-18)37-25(26,27)28/h3-13H,14-15H2,1-2H3. The fourth-order valence-electron chi connectivity index (χ4n) is 3.79. The third-order valence-corrected chi connectivity index (χ3v) is 6.37. The van der Waals surface area contributed by atoms with Crippen molar-refractivity contribution in [2.24, 2.45) is 0 Å². The van der Waals surface area contributed by atoms with Gasteiger partial charge in [-0.05, 0) is 71.9 Å². The van der Waals surface area contributed by atoms with Crippen LogP contribution in [-0.2, 0) is 11.3 Å². The van der Waals surface area contributed by atoms with Crippen molar-refractivity contribution in [3.8, 4) is 5.75 Å². The van der Waals surface area contributed by atoms with Crippen LogP contribution < -0.4 is 14.5 Å². The van der Waals surface area contributed by atoms with E-state index in [4.69, 9.17) is 4.74 Å². The lowest BCUT2D eigenvalue weighted by molar-refractivity contribution is -0.116. The number of methoxy groups -OCH3 is 1. The predicted octanol–water partition coefficient (Wildman–Crippen LogP) is 4.95. The fourth-order valence-corrected chi connectivity index (χ4v) is 4.33. The number of ether oxygens (including phenoxy) is 1. The van der Waals surface area contributed by atoms with Crippen molar-refractivity contribution in [1.82, 2.24) is 9.88 Å². The number of anilines is 2. The van der Waals surface area contributed by atoms with E-state index in [1.165, 1.54) is 46.5 Å². The molecule has 0 N–H and O–H groups in total. The molecule has 1 aliphatic rings. The minimum absolute atomic E-state index is 0.0386. The van der Waals surface area contributed by atoms with Crippen LogP contribution in [0.5, 0.6) is 5.75 Å². The number of carbonyl (C=O) groups is 3. The van der Waals surface area contributed by atoms with Crippen LogP contribution in [0.15, 0.2) is 71.9 Å². The molecular formula is C25H21F3N4O4S. The van der Waals surface area contributed by atoms with E-state index in [-0.39, 0.29) is 46.9 Å². The third kappa shape index (κ3) is 5.85. The minimum Gasteiger partial charge on any atom is -0.497 e. The Kier molecular flexibility index (Phi) is 7.39. The molecule has 0 atom stereocenters. The number of rotatable bonds is 7. The van der Waals surface area contributed by atoms with E-state index >= 15 is 0 Å². The zero-order valence-corrected chi connectivity index (χ0v) is 20.5. The number of alkyl halides is 3. The van der Waals surface area contributed by atoms with E-state index in [1.54, 1.807) is 44.5 Å². The second-order valence-corrected chi connectivity index (χ2v) is 9.14. The summed E-state index contributed by atoms with van der Waals surface area (Å²) in [6, 6.07) is 12.8. The fraction of sp³-hybridized carbons (Fsp3) is 0.200. The first-order valence-corrected chi connectivity index (χ1v) is 11.7. The zero-order valence-electron chi connectivity index (χ0n) is 19.7. The lowest BCUT2D eigenvalue weighted by Crippen LogP contribution is -2.33. The lowest BCUT2D eigenvalue weighted by atomic mass is 10.1. The van der Waals surface area contributed by atoms with Crippen LogP contribution in [0.4, 0.5) is 29.3 Å². The minimum atomic E-state index is -4.45. The molecule has 1 fully saturated rings. The molecule has 2 aromatic carbocycles. The Morgan fingerprint density at radius 1 is 1.08 bits per heavy atom. The van der Waals surface area contributed by atoms with Crippen molar-refractivity contribution >= 4 is 41.0 Å². The number of imide groups is 1. The molecule has 2 heterocycles. The van der Waals surface area contributed by atoms with Gasteiger partial charge in [-0.25, -0.2) is 9.69 Å². The molecule has 4 rings (SSSR count). The number of amides is 4. The summed E-state index contributed by atoms with van der Waals surface area (Å²) in [5, 5.41) is 0. The lowest BCUT2D eigenvalue weighted by Gasteiger charge is -2.21. The Hall–Kier alpha value is -4.06. The van der Waals surface area contributed by atoms with Crippen LogP contribution >= 0.6 is 11.8 Å². The van der Waals surface area contributed by atoms with Crippen LogP contribution in [-0.4, -0.2) is 53.9 Å². The van der Waals surface area contributed by atoms with Gasteiger partial charge in [-0.1, -0.05) is 0 Å². The Balaban J connectivity index is 1.51. The largest absolute Gasteiger partial charge is 0.497 e. The van der Waals surface area contributed by atoms with E-state index in [2.05, 4.69) is 4.98 Å². The maximum absolute atomic E-state index is 13.2. The summed E-state index contributed by atoms with van der Waals surface area (Å²) in [7, 11) is 3.15. The Labute approximate surface area is 214 Å². The maximum Gasteiger partial charge on any atom is 0.446 e. The molecule has 0 radical (unpaired) electrons. The van der Waals surface area contributed by atoms with Crippen molar-refractivity contribution in [3.63, 3.8) is 0 Å². The highest BCUT2D eigenvalue weighted by Gasteiger charge is 2.38. The quantitative estimate of drug-likeness (QED) is 0.318. The number of aromatic nitrogens is 1. The highest BCUT2D eigenvalue weighted by atomic mass is 32.2. The molecule has 4 amide bonds. The molecule has 12 heteroatoms. The van der Waals surface area contributed by atoms with Gasteiger partial charge in [0.05, 0.1) is 18.4 Å². The average Bonchev–Trinajstić information content (AvgIpc) is 3.15. The summed E-state index contributed by atoms with van der Waals surface area (Å²) in [4.78, 5) is 46.5. The molecule has 1 saturated heterocycles. The first-order valence-electron chi connectivity index (χ1n) is 10.9. The number of hydrogen-bond donors (Lipinski definition) is 0. The van der Waals surface area contributed by atoms with Crippen molar-refractivity contribution in [2.45, 2.75) is 16.9 Å². The van der Waals surface area contributed by atoms with Crippen molar-refractivity contribution in [3.05, 3.63) is 78.1 Å². The molecule has 1 aromatic heterocycles. The van der Waals surface area contributed by atoms with E-state index in [9.17, 15) is 27.6 Å². The van der Waals surface area contributed by atoms with E-state index in [0.29, 0.717) is 17.0 Å². The summed E-state index contributed by atoms with van der Waals surface area (Å²) < 4.78 is 42.9. The SMILES string of the molecule is COc1ccc(N(C)C(=O)c2cnccc2CN2CC(=O)N(c3ccc(SC(F)(F)F)cc3)C2=O)cc1. The molecular weight excluding hydrogens is 509 g/mol. The van der Waals surface area contributed by atoms with E-state index in [1.807, 2.05) is 0 Å².